The number of nitrogens with zero attached hydrogens (tertiary/aromatic N) is 5. The van der Waals surface area contributed by atoms with Gasteiger partial charge in [-0.2, -0.15) is 10.2 Å². The van der Waals surface area contributed by atoms with Crippen LogP contribution in [-0.2, 0) is 9.63 Å². The zero-order valence-electron chi connectivity index (χ0n) is 19.3. The molecular formula is C23H31N7O2. The van der Waals surface area contributed by atoms with Crippen molar-refractivity contribution in [1.29, 1.82) is 0 Å². The van der Waals surface area contributed by atoms with Gasteiger partial charge >= 0.3 is 0 Å². The summed E-state index contributed by atoms with van der Waals surface area (Å²) in [6.07, 6.45) is 4.88. The molecule has 0 aromatic carbocycles. The number of rotatable bonds is 6. The van der Waals surface area contributed by atoms with E-state index in [-0.39, 0.29) is 29.2 Å². The summed E-state index contributed by atoms with van der Waals surface area (Å²) in [6, 6.07) is 5.56. The van der Waals surface area contributed by atoms with E-state index in [2.05, 4.69) is 46.5 Å². The van der Waals surface area contributed by atoms with E-state index >= 15 is 0 Å². The Labute approximate surface area is 188 Å². The molecule has 0 saturated heterocycles. The van der Waals surface area contributed by atoms with Gasteiger partial charge in [0.05, 0.1) is 5.69 Å². The third kappa shape index (κ3) is 3.76. The molecule has 4 rings (SSSR count). The maximum atomic E-state index is 12.1. The molecule has 0 spiro atoms. The third-order valence-electron chi connectivity index (χ3n) is 7.46. The van der Waals surface area contributed by atoms with Gasteiger partial charge in [-0.3, -0.25) is 4.79 Å². The molecule has 2 aromatic heterocycles. The Morgan fingerprint density at radius 3 is 2.69 bits per heavy atom. The summed E-state index contributed by atoms with van der Waals surface area (Å²) >= 11 is 0. The smallest absolute Gasteiger partial charge is 0.280 e. The molecule has 9 nitrogen and oxygen atoms in total. The Kier molecular flexibility index (Phi) is 5.52. The number of aromatic nitrogens is 3. The Hall–Kier alpha value is -3.23. The molecule has 2 bridgehead atoms. The monoisotopic (exact) mass is 437 g/mol. The highest BCUT2D eigenvalue weighted by atomic mass is 16.6. The van der Waals surface area contributed by atoms with Crippen LogP contribution in [0.3, 0.4) is 0 Å². The van der Waals surface area contributed by atoms with Crippen LogP contribution in [0.25, 0.3) is 5.82 Å². The van der Waals surface area contributed by atoms with Crippen LogP contribution >= 0.6 is 0 Å². The Bertz CT molecular complexity index is 1080. The van der Waals surface area contributed by atoms with Crippen LogP contribution in [0, 0.1) is 30.6 Å². The molecule has 2 unspecified atom stereocenters. The molecule has 3 N–H and O–H groups in total. The standard InChI is InChI=1S/C23H31N7O2/c1-14-10-15(2)30(28-14)19-7-6-16(12-25-19)21(24)29-32-13-20(31)27-26-18-11-17-8-9-23(18,5)22(17,3)4/h6-7,10,12,17H,8-9,11,13H2,1-5H3,(H2,24,29)(H,27,31)/b26-18+. The van der Waals surface area contributed by atoms with Gasteiger partial charge in [0.1, 0.15) is 0 Å². The number of nitrogens with two attached hydrogens (primary N) is 1. The number of fused-ring (bicyclic) bond motifs is 2. The van der Waals surface area contributed by atoms with E-state index in [1.807, 2.05) is 19.9 Å². The predicted molar refractivity (Wildman–Crippen MR) is 122 cm³/mol. The molecule has 170 valence electrons. The number of hydrazone groups is 1. The number of aryl methyl sites for hydroxylation is 2. The maximum Gasteiger partial charge on any atom is 0.280 e. The van der Waals surface area contributed by atoms with Crippen LogP contribution < -0.4 is 11.2 Å². The molecule has 9 heteroatoms. The molecule has 0 aliphatic heterocycles. The van der Waals surface area contributed by atoms with Crippen LogP contribution in [0.5, 0.6) is 0 Å². The number of carbonyl (C=O) groups excluding carboxylic acids is 1. The minimum atomic E-state index is -0.365. The van der Waals surface area contributed by atoms with Crippen molar-refractivity contribution < 1.29 is 9.63 Å². The van der Waals surface area contributed by atoms with Crippen LogP contribution in [0.15, 0.2) is 34.7 Å². The highest BCUT2D eigenvalue weighted by Crippen LogP contribution is 2.63. The number of oxime groups is 1. The lowest BCUT2D eigenvalue weighted by atomic mass is 9.70. The van der Waals surface area contributed by atoms with Crippen molar-refractivity contribution in [2.45, 2.75) is 53.9 Å². The summed E-state index contributed by atoms with van der Waals surface area (Å²) in [6.45, 7) is 10.5. The number of carbonyl (C=O) groups is 1. The number of hydrogen-bond donors (Lipinski definition) is 2. The summed E-state index contributed by atoms with van der Waals surface area (Å²) in [5, 5.41) is 12.7. The Morgan fingerprint density at radius 1 is 1.34 bits per heavy atom. The molecule has 32 heavy (non-hydrogen) atoms. The van der Waals surface area contributed by atoms with Gasteiger partial charge in [0, 0.05) is 28.6 Å². The van der Waals surface area contributed by atoms with Crippen molar-refractivity contribution in [2.24, 2.45) is 32.7 Å². The molecule has 2 atom stereocenters. The van der Waals surface area contributed by atoms with E-state index in [4.69, 9.17) is 10.6 Å². The maximum absolute atomic E-state index is 12.1. The first-order valence-corrected chi connectivity index (χ1v) is 10.9. The molecule has 2 heterocycles. The molecule has 2 aromatic rings. The van der Waals surface area contributed by atoms with E-state index in [0.29, 0.717) is 17.3 Å². The van der Waals surface area contributed by atoms with Crippen molar-refractivity contribution in [3.05, 3.63) is 41.3 Å². The Morgan fingerprint density at radius 2 is 2.12 bits per heavy atom. The van der Waals surface area contributed by atoms with Crippen molar-refractivity contribution in [1.82, 2.24) is 20.2 Å². The SMILES string of the molecule is Cc1cc(C)n(-c2ccc(/C(N)=N/OCC(=O)N/N=C3\CC4CCC3(C)C4(C)C)cn2)n1. The zero-order chi connectivity index (χ0) is 23.1. The number of nitrogens with one attached hydrogen (secondary N) is 1. The van der Waals surface area contributed by atoms with Gasteiger partial charge in [-0.25, -0.2) is 15.1 Å². The fourth-order valence-corrected chi connectivity index (χ4v) is 5.00. The second-order valence-electron chi connectivity index (χ2n) is 9.58. The Balaban J connectivity index is 1.31. The van der Waals surface area contributed by atoms with E-state index in [1.165, 1.54) is 6.42 Å². The molecule has 2 aliphatic rings. The van der Waals surface area contributed by atoms with Crippen molar-refractivity contribution in [3.63, 3.8) is 0 Å². The highest BCUT2D eigenvalue weighted by Gasteiger charge is 2.60. The first-order valence-electron chi connectivity index (χ1n) is 10.9. The fourth-order valence-electron chi connectivity index (χ4n) is 5.00. The van der Waals surface area contributed by atoms with Crippen molar-refractivity contribution >= 4 is 17.5 Å². The summed E-state index contributed by atoms with van der Waals surface area (Å²) in [5.41, 5.74) is 12.4. The highest BCUT2D eigenvalue weighted by molar-refractivity contribution is 5.97. The quantitative estimate of drug-likeness (QED) is 0.409. The van der Waals surface area contributed by atoms with Crippen molar-refractivity contribution in [3.8, 4) is 5.82 Å². The van der Waals surface area contributed by atoms with Crippen LogP contribution in [-0.4, -0.2) is 38.8 Å². The van der Waals surface area contributed by atoms with Crippen molar-refractivity contribution in [2.75, 3.05) is 6.61 Å². The molecule has 2 fully saturated rings. The lowest BCUT2D eigenvalue weighted by Crippen LogP contribution is -2.34. The lowest BCUT2D eigenvalue weighted by Gasteiger charge is -2.34. The lowest BCUT2D eigenvalue weighted by molar-refractivity contribution is -0.125. The third-order valence-corrected chi connectivity index (χ3v) is 7.46. The van der Waals surface area contributed by atoms with E-state index < -0.39 is 0 Å². The van der Waals surface area contributed by atoms with Gasteiger partial charge < -0.3 is 10.6 Å². The zero-order valence-corrected chi connectivity index (χ0v) is 19.3. The summed E-state index contributed by atoms with van der Waals surface area (Å²) in [5.74, 6) is 1.09. The summed E-state index contributed by atoms with van der Waals surface area (Å²) in [7, 11) is 0. The van der Waals surface area contributed by atoms with Gasteiger partial charge in [0.15, 0.2) is 18.3 Å². The molecule has 0 radical (unpaired) electrons. The molecule has 2 aliphatic carbocycles. The van der Waals surface area contributed by atoms with Gasteiger partial charge in [0.25, 0.3) is 5.91 Å². The van der Waals surface area contributed by atoms with E-state index in [1.54, 1.807) is 23.0 Å². The predicted octanol–water partition coefficient (Wildman–Crippen LogP) is 2.84. The van der Waals surface area contributed by atoms with E-state index in [9.17, 15) is 4.79 Å². The first-order chi connectivity index (χ1) is 15.1. The number of pyridine rings is 1. The minimum absolute atomic E-state index is 0.0426. The van der Waals surface area contributed by atoms with Crippen LogP contribution in [0.1, 0.15) is 57.0 Å². The van der Waals surface area contributed by atoms with Crippen LogP contribution in [0.2, 0.25) is 0 Å². The fraction of sp³-hybridized carbons (Fsp3) is 0.522. The number of amides is 1. The number of amidine groups is 1. The van der Waals surface area contributed by atoms with E-state index in [0.717, 1.165) is 29.9 Å². The summed E-state index contributed by atoms with van der Waals surface area (Å²) in [4.78, 5) is 21.7. The summed E-state index contributed by atoms with van der Waals surface area (Å²) < 4.78 is 1.76. The van der Waals surface area contributed by atoms with Gasteiger partial charge in [-0.1, -0.05) is 25.9 Å². The molecule has 2 saturated carbocycles. The largest absolute Gasteiger partial charge is 0.384 e. The minimum Gasteiger partial charge on any atom is -0.384 e. The molecular weight excluding hydrogens is 406 g/mol. The topological polar surface area (TPSA) is 120 Å². The molecule has 1 amide bonds. The number of hydrogen-bond acceptors (Lipinski definition) is 6. The second-order valence-corrected chi connectivity index (χ2v) is 9.58. The van der Waals surface area contributed by atoms with Gasteiger partial charge in [0.2, 0.25) is 0 Å². The van der Waals surface area contributed by atoms with Gasteiger partial charge in [-0.05, 0) is 62.6 Å². The average molecular weight is 438 g/mol. The normalized spacial score (nSPS) is 25.3. The second kappa shape index (κ2) is 8.03. The van der Waals surface area contributed by atoms with Crippen LogP contribution in [0.4, 0.5) is 0 Å². The first kappa shape index (κ1) is 22.0. The van der Waals surface area contributed by atoms with Gasteiger partial charge in [-0.15, -0.1) is 0 Å². The average Bonchev–Trinajstić information content (AvgIpc) is 3.27.